The lowest BCUT2D eigenvalue weighted by atomic mass is 10.1. The van der Waals surface area contributed by atoms with Gasteiger partial charge in [-0.1, -0.05) is 42.5 Å². The number of hydrogen-bond donors (Lipinski definition) is 1. The van der Waals surface area contributed by atoms with Crippen molar-refractivity contribution in [2.45, 2.75) is 0 Å². The zero-order chi connectivity index (χ0) is 15.6. The Balaban J connectivity index is 0.00000169. The number of rotatable bonds is 2. The monoisotopic (exact) mass is 334 g/mol. The summed E-state index contributed by atoms with van der Waals surface area (Å²) in [5.41, 5.74) is 3.47. The number of halogens is 1. The molecule has 4 heteroatoms. The second-order valence-corrected chi connectivity index (χ2v) is 5.41. The van der Waals surface area contributed by atoms with E-state index in [2.05, 4.69) is 10.3 Å². The maximum Gasteiger partial charge on any atom is 0.255 e. The van der Waals surface area contributed by atoms with Gasteiger partial charge in [-0.25, -0.2) is 4.98 Å². The van der Waals surface area contributed by atoms with Crippen molar-refractivity contribution < 1.29 is 22.2 Å². The molecule has 0 saturated carbocycles. The second kappa shape index (κ2) is 6.69. The Kier molecular flexibility index (Phi) is 4.45. The first-order chi connectivity index (χ1) is 11.3. The SMILES string of the molecule is O=C(Nc1c2ccccc2[nH+]c2ccccc12)c1ccccc1.[Cl-]. The molecule has 1 amide bonds. The first-order valence-corrected chi connectivity index (χ1v) is 7.52. The van der Waals surface area contributed by atoms with Crippen LogP contribution in [-0.2, 0) is 0 Å². The molecule has 0 aliphatic rings. The fraction of sp³-hybridized carbons (Fsp3) is 0. The largest absolute Gasteiger partial charge is 1.00 e. The number of H-pyrrole nitrogens is 1. The van der Waals surface area contributed by atoms with Gasteiger partial charge in [0.1, 0.15) is 0 Å². The van der Waals surface area contributed by atoms with Crippen molar-refractivity contribution in [1.82, 2.24) is 0 Å². The van der Waals surface area contributed by atoms with Crippen LogP contribution in [0.25, 0.3) is 21.8 Å². The standard InChI is InChI=1S/C20H14N2O.ClH/c23-20(14-8-2-1-3-9-14)22-19-15-10-4-6-12-17(15)21-18-13-7-5-11-16(18)19;/h1-13H,(H,21,22,23);1H. The van der Waals surface area contributed by atoms with E-state index in [1.165, 1.54) is 0 Å². The summed E-state index contributed by atoms with van der Waals surface area (Å²) in [7, 11) is 0. The van der Waals surface area contributed by atoms with Gasteiger partial charge in [-0.05, 0) is 24.3 Å². The highest BCUT2D eigenvalue weighted by molar-refractivity contribution is 6.14. The lowest BCUT2D eigenvalue weighted by molar-refractivity contribution is -0.310. The van der Waals surface area contributed by atoms with Gasteiger partial charge in [0.2, 0.25) is 11.0 Å². The van der Waals surface area contributed by atoms with Crippen molar-refractivity contribution in [3.63, 3.8) is 0 Å². The summed E-state index contributed by atoms with van der Waals surface area (Å²) < 4.78 is 0. The van der Waals surface area contributed by atoms with Gasteiger partial charge in [-0.2, -0.15) is 0 Å². The van der Waals surface area contributed by atoms with Gasteiger partial charge in [-0.15, -0.1) is 0 Å². The second-order valence-electron chi connectivity index (χ2n) is 5.41. The Labute approximate surface area is 145 Å². The number of anilines is 1. The third-order valence-electron chi connectivity index (χ3n) is 3.94. The van der Waals surface area contributed by atoms with Crippen LogP contribution in [-0.4, -0.2) is 5.91 Å². The fourth-order valence-electron chi connectivity index (χ4n) is 2.82. The Bertz CT molecular complexity index is 962. The number of amides is 1. The molecule has 118 valence electrons. The molecule has 1 heterocycles. The topological polar surface area (TPSA) is 43.2 Å². The minimum Gasteiger partial charge on any atom is -1.00 e. The Hall–Kier alpha value is -2.91. The lowest BCUT2D eigenvalue weighted by Gasteiger charge is -2.09. The van der Waals surface area contributed by atoms with Gasteiger partial charge in [0, 0.05) is 17.7 Å². The van der Waals surface area contributed by atoms with Gasteiger partial charge < -0.3 is 17.7 Å². The maximum atomic E-state index is 12.6. The molecular formula is C20H15ClN2O. The smallest absolute Gasteiger partial charge is 0.255 e. The van der Waals surface area contributed by atoms with Crippen molar-refractivity contribution in [2.24, 2.45) is 0 Å². The van der Waals surface area contributed by atoms with Crippen LogP contribution in [0.15, 0.2) is 78.9 Å². The molecule has 3 nitrogen and oxygen atoms in total. The van der Waals surface area contributed by atoms with E-state index in [-0.39, 0.29) is 18.3 Å². The van der Waals surface area contributed by atoms with Crippen molar-refractivity contribution in [3.8, 4) is 0 Å². The quantitative estimate of drug-likeness (QED) is 0.547. The molecule has 0 aliphatic carbocycles. The maximum absolute atomic E-state index is 12.6. The number of carbonyl (C=O) groups is 1. The molecule has 0 radical (unpaired) electrons. The number of fused-ring (bicyclic) bond motifs is 2. The predicted octanol–water partition coefficient (Wildman–Crippen LogP) is 1.06. The highest BCUT2D eigenvalue weighted by atomic mass is 35.5. The summed E-state index contributed by atoms with van der Waals surface area (Å²) in [5.74, 6) is -0.105. The normalized spacial score (nSPS) is 10.3. The van der Waals surface area contributed by atoms with E-state index in [1.54, 1.807) is 0 Å². The number of aromatic amines is 1. The van der Waals surface area contributed by atoms with Crippen LogP contribution in [0.2, 0.25) is 0 Å². The predicted molar refractivity (Wildman–Crippen MR) is 92.4 cm³/mol. The molecule has 2 N–H and O–H groups in total. The molecule has 3 aromatic carbocycles. The average Bonchev–Trinajstić information content (AvgIpc) is 2.62. The minimum absolute atomic E-state index is 0. The fourth-order valence-corrected chi connectivity index (χ4v) is 2.82. The van der Waals surface area contributed by atoms with Crippen LogP contribution >= 0.6 is 0 Å². The van der Waals surface area contributed by atoms with E-state index in [1.807, 2.05) is 78.9 Å². The summed E-state index contributed by atoms with van der Waals surface area (Å²) in [5, 5.41) is 5.08. The summed E-state index contributed by atoms with van der Waals surface area (Å²) in [6.45, 7) is 0. The first-order valence-electron chi connectivity index (χ1n) is 7.52. The van der Waals surface area contributed by atoms with Gasteiger partial charge in [0.25, 0.3) is 5.91 Å². The van der Waals surface area contributed by atoms with Crippen LogP contribution in [0.3, 0.4) is 0 Å². The number of benzene rings is 3. The van der Waals surface area contributed by atoms with E-state index < -0.39 is 0 Å². The molecule has 0 fully saturated rings. The summed E-state index contributed by atoms with van der Waals surface area (Å²) >= 11 is 0. The van der Waals surface area contributed by atoms with E-state index in [9.17, 15) is 4.79 Å². The number of nitrogens with one attached hydrogen (secondary N) is 2. The average molecular weight is 335 g/mol. The van der Waals surface area contributed by atoms with Crippen LogP contribution in [0.1, 0.15) is 10.4 Å². The van der Waals surface area contributed by atoms with Gasteiger partial charge in [0.15, 0.2) is 0 Å². The Morgan fingerprint density at radius 2 is 1.21 bits per heavy atom. The molecule has 4 rings (SSSR count). The van der Waals surface area contributed by atoms with Crippen molar-refractivity contribution in [1.29, 1.82) is 0 Å². The zero-order valence-corrected chi connectivity index (χ0v) is 13.5. The summed E-state index contributed by atoms with van der Waals surface area (Å²) in [6, 6.07) is 25.2. The summed E-state index contributed by atoms with van der Waals surface area (Å²) in [6.07, 6.45) is 0. The van der Waals surface area contributed by atoms with Gasteiger partial charge in [-0.3, -0.25) is 4.79 Å². The first kappa shape index (κ1) is 16.0. The lowest BCUT2D eigenvalue weighted by Crippen LogP contribution is -3.00. The van der Waals surface area contributed by atoms with Gasteiger partial charge >= 0.3 is 0 Å². The minimum atomic E-state index is -0.105. The molecule has 0 saturated heterocycles. The van der Waals surface area contributed by atoms with E-state index in [0.717, 1.165) is 27.5 Å². The van der Waals surface area contributed by atoms with E-state index in [0.29, 0.717) is 5.56 Å². The molecule has 1 aromatic heterocycles. The molecular weight excluding hydrogens is 320 g/mol. The third-order valence-corrected chi connectivity index (χ3v) is 3.94. The van der Waals surface area contributed by atoms with Crippen molar-refractivity contribution >= 4 is 33.4 Å². The van der Waals surface area contributed by atoms with Crippen molar-refractivity contribution in [2.75, 3.05) is 5.32 Å². The van der Waals surface area contributed by atoms with Crippen LogP contribution in [0.5, 0.6) is 0 Å². The molecule has 0 atom stereocenters. The number of hydrogen-bond acceptors (Lipinski definition) is 1. The highest BCUT2D eigenvalue weighted by Crippen LogP contribution is 2.28. The number of para-hydroxylation sites is 2. The number of pyridine rings is 1. The van der Waals surface area contributed by atoms with E-state index in [4.69, 9.17) is 0 Å². The molecule has 0 unspecified atom stereocenters. The Morgan fingerprint density at radius 1 is 0.708 bits per heavy atom. The number of carbonyl (C=O) groups excluding carboxylic acids is 1. The van der Waals surface area contributed by atoms with Gasteiger partial charge in [0.05, 0.1) is 16.5 Å². The number of aromatic nitrogens is 1. The Morgan fingerprint density at radius 3 is 1.79 bits per heavy atom. The third kappa shape index (κ3) is 2.82. The molecule has 24 heavy (non-hydrogen) atoms. The van der Waals surface area contributed by atoms with Crippen LogP contribution in [0, 0.1) is 0 Å². The summed E-state index contributed by atoms with van der Waals surface area (Å²) in [4.78, 5) is 16.0. The molecule has 4 aromatic rings. The zero-order valence-electron chi connectivity index (χ0n) is 12.8. The van der Waals surface area contributed by atoms with E-state index >= 15 is 0 Å². The molecule has 0 spiro atoms. The molecule has 0 bridgehead atoms. The molecule has 0 aliphatic heterocycles. The van der Waals surface area contributed by atoms with Crippen LogP contribution in [0.4, 0.5) is 5.69 Å². The highest BCUT2D eigenvalue weighted by Gasteiger charge is 2.16. The van der Waals surface area contributed by atoms with Crippen molar-refractivity contribution in [3.05, 3.63) is 84.4 Å². The van der Waals surface area contributed by atoms with Crippen LogP contribution < -0.4 is 22.7 Å².